The topological polar surface area (TPSA) is 9.72 Å². The Morgan fingerprint density at radius 2 is 1.67 bits per heavy atom. The van der Waals surface area contributed by atoms with Gasteiger partial charge in [0.15, 0.2) is 0 Å². The van der Waals surface area contributed by atoms with E-state index in [0.29, 0.717) is 19.0 Å². The van der Waals surface area contributed by atoms with E-state index < -0.39 is 0 Å². The van der Waals surface area contributed by atoms with Gasteiger partial charge >= 0.3 is 0 Å². The lowest BCUT2D eigenvalue weighted by Crippen LogP contribution is -2.50. The summed E-state index contributed by atoms with van der Waals surface area (Å²) in [7, 11) is 0. The molecule has 0 aliphatic carbocycles. The Hall–Kier alpha value is -0.190. The molecule has 2 rings (SSSR count). The molecule has 0 spiro atoms. The minimum Gasteiger partial charge on any atom is -0.301 e. The Bertz CT molecular complexity index is 233. The number of hydrogen-bond acceptors (Lipinski definition) is 3. The molecule has 0 saturated carbocycles. The van der Waals surface area contributed by atoms with Gasteiger partial charge in [-0.05, 0) is 32.1 Å². The zero-order valence-corrected chi connectivity index (χ0v) is 11.9. The van der Waals surface area contributed by atoms with Gasteiger partial charge in [0, 0.05) is 51.9 Å². The van der Waals surface area contributed by atoms with Crippen LogP contribution in [0.15, 0.2) is 0 Å². The van der Waals surface area contributed by atoms with E-state index in [4.69, 9.17) is 0 Å². The smallest absolute Gasteiger partial charge is 0.0293 e. The third kappa shape index (κ3) is 3.90. The predicted octanol–water partition coefficient (Wildman–Crippen LogP) is 2.00. The van der Waals surface area contributed by atoms with Gasteiger partial charge in [-0.25, -0.2) is 0 Å². The molecule has 1 atom stereocenters. The van der Waals surface area contributed by atoms with Crippen molar-refractivity contribution in [1.29, 1.82) is 0 Å². The molecule has 2 fully saturated rings. The maximum absolute atomic E-state index is 12.9. The van der Waals surface area contributed by atoms with Gasteiger partial charge in [0.1, 0.15) is 0 Å². The summed E-state index contributed by atoms with van der Waals surface area (Å²) >= 11 is 0. The third-order valence-electron chi connectivity index (χ3n) is 4.70. The monoisotopic (exact) mass is 257 g/mol. The predicted molar refractivity (Wildman–Crippen MR) is 73.2 cm³/mol. The third-order valence-corrected chi connectivity index (χ3v) is 4.70. The molecule has 0 amide bonds. The van der Waals surface area contributed by atoms with Gasteiger partial charge in [-0.1, -0.05) is 6.92 Å². The normalized spacial score (nSPS) is 27.5. The molecular weight excluding hydrogens is 229 g/mol. The largest absolute Gasteiger partial charge is 0.301 e. The maximum Gasteiger partial charge on any atom is 0.0293 e. The van der Waals surface area contributed by atoms with Crippen LogP contribution in [0.25, 0.3) is 0 Å². The van der Waals surface area contributed by atoms with Crippen molar-refractivity contribution in [3.8, 4) is 0 Å². The Morgan fingerprint density at radius 3 is 2.22 bits per heavy atom. The van der Waals surface area contributed by atoms with E-state index in [-0.39, 0.29) is 0 Å². The van der Waals surface area contributed by atoms with Crippen molar-refractivity contribution >= 4 is 0 Å². The first-order valence-electron chi connectivity index (χ1n) is 7.56. The van der Waals surface area contributed by atoms with E-state index in [1.54, 1.807) is 0 Å². The molecule has 3 nitrogen and oxygen atoms in total. The van der Waals surface area contributed by atoms with Gasteiger partial charge in [0.05, 0.1) is 0 Å². The molecule has 1 unspecified atom stereocenters. The molecular formula is C14H28FN3. The maximum atomic E-state index is 12.9. The van der Waals surface area contributed by atoms with Crippen LogP contribution in [0.3, 0.4) is 0 Å². The quantitative estimate of drug-likeness (QED) is 0.713. The zero-order chi connectivity index (χ0) is 13.0. The summed E-state index contributed by atoms with van der Waals surface area (Å²) in [5.74, 6) is 0.715. The lowest BCUT2D eigenvalue weighted by molar-refractivity contribution is -0.0163. The molecule has 0 aromatic heterocycles. The second-order valence-electron chi connectivity index (χ2n) is 5.95. The number of nitrogens with zero attached hydrogens (tertiary/aromatic N) is 3. The number of hydrogen-bond donors (Lipinski definition) is 0. The van der Waals surface area contributed by atoms with Crippen LogP contribution in [-0.2, 0) is 0 Å². The highest BCUT2D eigenvalue weighted by atomic mass is 19.2. The van der Waals surface area contributed by atoms with Gasteiger partial charge in [0.25, 0.3) is 0 Å². The average Bonchev–Trinajstić information content (AvgIpc) is 2.41. The molecule has 0 radical (unpaired) electrons. The highest BCUT2D eigenvalue weighted by molar-refractivity contribution is 4.78. The molecule has 0 aromatic carbocycles. The fourth-order valence-corrected chi connectivity index (χ4v) is 3.09. The zero-order valence-electron chi connectivity index (χ0n) is 11.9. The Balaban J connectivity index is 1.67. The lowest BCUT2D eigenvalue weighted by Gasteiger charge is -2.39. The molecule has 2 aliphatic rings. The molecule has 2 aliphatic heterocycles. The van der Waals surface area contributed by atoms with Crippen LogP contribution in [0.5, 0.6) is 0 Å². The molecule has 4 heteroatoms. The van der Waals surface area contributed by atoms with Crippen molar-refractivity contribution in [2.75, 3.05) is 45.8 Å². The minimum atomic E-state index is 0.636. The summed E-state index contributed by atoms with van der Waals surface area (Å²) in [6.07, 6.45) is 3.30. The van der Waals surface area contributed by atoms with E-state index in [1.807, 2.05) is 0 Å². The van der Waals surface area contributed by atoms with Crippen LogP contribution in [0, 0.1) is 5.92 Å². The average molecular weight is 257 g/mol. The summed E-state index contributed by atoms with van der Waals surface area (Å²) in [5, 5.41) is 0.970. The summed E-state index contributed by atoms with van der Waals surface area (Å²) in [5.41, 5.74) is 0. The Kier molecular flexibility index (Phi) is 5.39. The lowest BCUT2D eigenvalue weighted by atomic mass is 9.97. The van der Waals surface area contributed by atoms with Crippen LogP contribution >= 0.6 is 0 Å². The fourth-order valence-electron chi connectivity index (χ4n) is 3.09. The van der Waals surface area contributed by atoms with Gasteiger partial charge in [-0.15, -0.1) is 9.60 Å². The number of halogens is 1. The summed E-state index contributed by atoms with van der Waals surface area (Å²) < 4.78 is 12.9. The van der Waals surface area contributed by atoms with Crippen molar-refractivity contribution in [1.82, 2.24) is 14.9 Å². The number of rotatable bonds is 4. The molecule has 2 heterocycles. The van der Waals surface area contributed by atoms with Gasteiger partial charge in [-0.2, -0.15) is 0 Å². The van der Waals surface area contributed by atoms with E-state index in [9.17, 15) is 4.48 Å². The Morgan fingerprint density at radius 1 is 1.06 bits per heavy atom. The molecule has 0 bridgehead atoms. The molecule has 106 valence electrons. The van der Waals surface area contributed by atoms with Crippen LogP contribution in [0.1, 0.15) is 33.1 Å². The summed E-state index contributed by atoms with van der Waals surface area (Å²) in [4.78, 5) is 5.18. The van der Waals surface area contributed by atoms with Crippen molar-refractivity contribution < 1.29 is 4.48 Å². The summed E-state index contributed by atoms with van der Waals surface area (Å²) in [6.45, 7) is 11.8. The van der Waals surface area contributed by atoms with Gasteiger partial charge in [0.2, 0.25) is 0 Å². The summed E-state index contributed by atoms with van der Waals surface area (Å²) in [6, 6.07) is 0.724. The number of piperidine rings is 1. The first kappa shape index (κ1) is 14.2. The van der Waals surface area contributed by atoms with Crippen molar-refractivity contribution in [3.05, 3.63) is 0 Å². The van der Waals surface area contributed by atoms with E-state index in [1.165, 1.54) is 39.1 Å². The second-order valence-corrected chi connectivity index (χ2v) is 5.95. The van der Waals surface area contributed by atoms with E-state index >= 15 is 0 Å². The van der Waals surface area contributed by atoms with Crippen molar-refractivity contribution in [3.63, 3.8) is 0 Å². The van der Waals surface area contributed by atoms with Gasteiger partial charge in [-0.3, -0.25) is 4.90 Å². The van der Waals surface area contributed by atoms with Crippen LogP contribution in [0.2, 0.25) is 0 Å². The highest BCUT2D eigenvalue weighted by Gasteiger charge is 2.24. The first-order chi connectivity index (χ1) is 8.69. The SMILES string of the molecule is CCC(C)N1CCN(CC2CCN(F)CC2)CC1. The van der Waals surface area contributed by atoms with E-state index in [0.717, 1.165) is 24.0 Å². The fraction of sp³-hybridized carbons (Fsp3) is 1.00. The van der Waals surface area contributed by atoms with Crippen LogP contribution in [0.4, 0.5) is 4.48 Å². The van der Waals surface area contributed by atoms with Crippen LogP contribution in [-0.4, -0.2) is 66.8 Å². The van der Waals surface area contributed by atoms with E-state index in [2.05, 4.69) is 23.6 Å². The Labute approximate surface area is 111 Å². The molecule has 2 saturated heterocycles. The number of piperazine rings is 1. The highest BCUT2D eigenvalue weighted by Crippen LogP contribution is 2.19. The molecule has 18 heavy (non-hydrogen) atoms. The standard InChI is InChI=1S/C14H28FN3/c1-3-13(2)17-10-8-16(9-11-17)12-14-4-6-18(15)7-5-14/h13-14H,3-12H2,1-2H3. The second kappa shape index (κ2) is 6.83. The van der Waals surface area contributed by atoms with Crippen molar-refractivity contribution in [2.45, 2.75) is 39.2 Å². The molecule has 0 aromatic rings. The van der Waals surface area contributed by atoms with Gasteiger partial charge < -0.3 is 4.90 Å². The first-order valence-corrected chi connectivity index (χ1v) is 7.56. The molecule has 0 N–H and O–H groups in total. The minimum absolute atomic E-state index is 0.636. The van der Waals surface area contributed by atoms with Crippen molar-refractivity contribution in [2.24, 2.45) is 5.92 Å². The van der Waals surface area contributed by atoms with Crippen LogP contribution < -0.4 is 0 Å².